The number of H-pyrrole nitrogens is 1. The summed E-state index contributed by atoms with van der Waals surface area (Å²) in [6.07, 6.45) is 1.80. The van der Waals surface area contributed by atoms with Crippen LogP contribution in [0.3, 0.4) is 0 Å². The van der Waals surface area contributed by atoms with E-state index in [-0.39, 0.29) is 0 Å². The average molecular weight is 303 g/mol. The van der Waals surface area contributed by atoms with Gasteiger partial charge in [0.1, 0.15) is 17.6 Å². The van der Waals surface area contributed by atoms with Gasteiger partial charge in [0, 0.05) is 5.56 Å². The first kappa shape index (κ1) is 14.9. The SMILES string of the molecule is CCOc1ccccc1/C=C(/C#N)c1nc2ccc(C)cc2[nH]1. The topological polar surface area (TPSA) is 61.7 Å². The summed E-state index contributed by atoms with van der Waals surface area (Å²) in [6.45, 7) is 4.54. The van der Waals surface area contributed by atoms with Gasteiger partial charge in [-0.2, -0.15) is 5.26 Å². The van der Waals surface area contributed by atoms with Crippen LogP contribution in [0.1, 0.15) is 23.9 Å². The van der Waals surface area contributed by atoms with Crippen LogP contribution in [-0.4, -0.2) is 16.6 Å². The highest BCUT2D eigenvalue weighted by molar-refractivity contribution is 5.91. The fourth-order valence-corrected chi connectivity index (χ4v) is 2.45. The zero-order valence-electron chi connectivity index (χ0n) is 13.1. The first-order valence-electron chi connectivity index (χ1n) is 7.51. The maximum absolute atomic E-state index is 9.52. The lowest BCUT2D eigenvalue weighted by molar-refractivity contribution is 0.339. The molecule has 114 valence electrons. The summed E-state index contributed by atoms with van der Waals surface area (Å²) in [4.78, 5) is 7.73. The maximum atomic E-state index is 9.52. The third kappa shape index (κ3) is 3.09. The van der Waals surface area contributed by atoms with Crippen LogP contribution < -0.4 is 4.74 Å². The molecule has 0 aliphatic heterocycles. The number of para-hydroxylation sites is 1. The van der Waals surface area contributed by atoms with Gasteiger partial charge < -0.3 is 9.72 Å². The van der Waals surface area contributed by atoms with E-state index >= 15 is 0 Å². The molecule has 1 aromatic heterocycles. The summed E-state index contributed by atoms with van der Waals surface area (Å²) in [6, 6.07) is 15.9. The van der Waals surface area contributed by atoms with Crippen molar-refractivity contribution in [3.8, 4) is 11.8 Å². The van der Waals surface area contributed by atoms with Crippen LogP contribution in [0.15, 0.2) is 42.5 Å². The zero-order chi connectivity index (χ0) is 16.2. The Morgan fingerprint density at radius 3 is 2.91 bits per heavy atom. The molecule has 0 aliphatic rings. The Hall–Kier alpha value is -3.06. The third-order valence-electron chi connectivity index (χ3n) is 3.53. The Kier molecular flexibility index (Phi) is 4.11. The van der Waals surface area contributed by atoms with E-state index in [2.05, 4.69) is 16.0 Å². The lowest BCUT2D eigenvalue weighted by Crippen LogP contribution is -1.94. The Labute approximate surface area is 135 Å². The summed E-state index contributed by atoms with van der Waals surface area (Å²) < 4.78 is 5.61. The van der Waals surface area contributed by atoms with Gasteiger partial charge in [0.25, 0.3) is 0 Å². The number of nitriles is 1. The molecule has 1 N–H and O–H groups in total. The number of ether oxygens (including phenoxy) is 1. The molecule has 0 saturated carbocycles. The van der Waals surface area contributed by atoms with Crippen molar-refractivity contribution in [2.75, 3.05) is 6.61 Å². The number of imidazole rings is 1. The zero-order valence-corrected chi connectivity index (χ0v) is 13.1. The Bertz CT molecular complexity index is 916. The molecule has 3 rings (SSSR count). The predicted octanol–water partition coefficient (Wildman–Crippen LogP) is 4.33. The summed E-state index contributed by atoms with van der Waals surface area (Å²) in [5.74, 6) is 1.33. The summed E-state index contributed by atoms with van der Waals surface area (Å²) in [5, 5.41) is 9.52. The number of fused-ring (bicyclic) bond motifs is 1. The minimum absolute atomic E-state index is 0.478. The monoisotopic (exact) mass is 303 g/mol. The number of nitrogens with one attached hydrogen (secondary N) is 1. The number of aromatic nitrogens is 2. The van der Waals surface area contributed by atoms with Gasteiger partial charge in [-0.15, -0.1) is 0 Å². The number of rotatable bonds is 4. The lowest BCUT2D eigenvalue weighted by atomic mass is 10.1. The second-order valence-corrected chi connectivity index (χ2v) is 5.25. The summed E-state index contributed by atoms with van der Waals surface area (Å²) in [5.41, 5.74) is 4.27. The smallest absolute Gasteiger partial charge is 0.149 e. The fourth-order valence-electron chi connectivity index (χ4n) is 2.45. The van der Waals surface area contributed by atoms with Crippen LogP contribution in [0.5, 0.6) is 5.75 Å². The summed E-state index contributed by atoms with van der Waals surface area (Å²) in [7, 11) is 0. The molecule has 0 unspecified atom stereocenters. The van der Waals surface area contributed by atoms with Gasteiger partial charge in [-0.1, -0.05) is 24.3 Å². The molecule has 23 heavy (non-hydrogen) atoms. The second kappa shape index (κ2) is 6.37. The molecular weight excluding hydrogens is 286 g/mol. The molecule has 0 aliphatic carbocycles. The van der Waals surface area contributed by atoms with Crippen molar-refractivity contribution in [3.05, 3.63) is 59.4 Å². The molecule has 1 heterocycles. The van der Waals surface area contributed by atoms with E-state index in [0.29, 0.717) is 18.0 Å². The fraction of sp³-hybridized carbons (Fsp3) is 0.158. The van der Waals surface area contributed by atoms with Crippen LogP contribution in [-0.2, 0) is 0 Å². The van der Waals surface area contributed by atoms with Crippen molar-refractivity contribution in [2.45, 2.75) is 13.8 Å². The molecule has 3 aromatic rings. The second-order valence-electron chi connectivity index (χ2n) is 5.25. The van der Waals surface area contributed by atoms with E-state index in [1.807, 2.05) is 56.3 Å². The molecule has 0 bridgehead atoms. The van der Waals surface area contributed by atoms with Crippen molar-refractivity contribution >= 4 is 22.7 Å². The Morgan fingerprint density at radius 2 is 2.13 bits per heavy atom. The van der Waals surface area contributed by atoms with E-state index in [9.17, 15) is 5.26 Å². The van der Waals surface area contributed by atoms with Crippen molar-refractivity contribution in [2.24, 2.45) is 0 Å². The Balaban J connectivity index is 2.06. The predicted molar refractivity (Wildman–Crippen MR) is 91.9 cm³/mol. The van der Waals surface area contributed by atoms with Crippen molar-refractivity contribution in [3.63, 3.8) is 0 Å². The van der Waals surface area contributed by atoms with Crippen molar-refractivity contribution in [1.29, 1.82) is 5.26 Å². The van der Waals surface area contributed by atoms with Crippen LogP contribution in [0.2, 0.25) is 0 Å². The van der Waals surface area contributed by atoms with Gasteiger partial charge in [0.05, 0.1) is 23.2 Å². The molecule has 0 saturated heterocycles. The normalized spacial score (nSPS) is 11.4. The number of hydrogen-bond acceptors (Lipinski definition) is 3. The van der Waals surface area contributed by atoms with Gasteiger partial charge in [0.2, 0.25) is 0 Å². The standard InChI is InChI=1S/C19H17N3O/c1-3-23-18-7-5-4-6-14(18)11-15(12-20)19-21-16-9-8-13(2)10-17(16)22-19/h4-11H,3H2,1-2H3,(H,21,22)/b15-11-. The van der Waals surface area contributed by atoms with Crippen LogP contribution >= 0.6 is 0 Å². The highest BCUT2D eigenvalue weighted by Gasteiger charge is 2.09. The first-order chi connectivity index (χ1) is 11.2. The molecule has 2 aromatic carbocycles. The van der Waals surface area contributed by atoms with Gasteiger partial charge >= 0.3 is 0 Å². The molecule has 0 fully saturated rings. The number of benzene rings is 2. The first-order valence-corrected chi connectivity index (χ1v) is 7.51. The molecular formula is C19H17N3O. The van der Waals surface area contributed by atoms with Crippen LogP contribution in [0.4, 0.5) is 0 Å². The minimum Gasteiger partial charge on any atom is -0.493 e. The van der Waals surface area contributed by atoms with E-state index in [1.54, 1.807) is 6.08 Å². The van der Waals surface area contributed by atoms with Gasteiger partial charge in [-0.25, -0.2) is 4.98 Å². The third-order valence-corrected chi connectivity index (χ3v) is 3.53. The molecule has 4 heteroatoms. The van der Waals surface area contributed by atoms with E-state index in [4.69, 9.17) is 4.74 Å². The van der Waals surface area contributed by atoms with E-state index in [0.717, 1.165) is 27.9 Å². The van der Waals surface area contributed by atoms with Crippen molar-refractivity contribution < 1.29 is 4.74 Å². The van der Waals surface area contributed by atoms with Gasteiger partial charge in [-0.05, 0) is 43.7 Å². The highest BCUT2D eigenvalue weighted by Crippen LogP contribution is 2.25. The molecule has 0 atom stereocenters. The number of aromatic amines is 1. The van der Waals surface area contributed by atoms with E-state index in [1.165, 1.54) is 0 Å². The highest BCUT2D eigenvalue weighted by atomic mass is 16.5. The van der Waals surface area contributed by atoms with Crippen LogP contribution in [0.25, 0.3) is 22.7 Å². The van der Waals surface area contributed by atoms with Gasteiger partial charge in [0.15, 0.2) is 0 Å². The van der Waals surface area contributed by atoms with Crippen LogP contribution in [0, 0.1) is 18.3 Å². The molecule has 0 amide bonds. The number of allylic oxidation sites excluding steroid dienone is 1. The lowest BCUT2D eigenvalue weighted by Gasteiger charge is -2.06. The number of hydrogen-bond donors (Lipinski definition) is 1. The average Bonchev–Trinajstić information content (AvgIpc) is 2.97. The summed E-state index contributed by atoms with van der Waals surface area (Å²) >= 11 is 0. The van der Waals surface area contributed by atoms with Crippen molar-refractivity contribution in [1.82, 2.24) is 9.97 Å². The molecule has 0 radical (unpaired) electrons. The molecule has 0 spiro atoms. The minimum atomic E-state index is 0.478. The number of nitrogens with zero attached hydrogens (tertiary/aromatic N) is 2. The Morgan fingerprint density at radius 1 is 1.30 bits per heavy atom. The number of aryl methyl sites for hydroxylation is 1. The largest absolute Gasteiger partial charge is 0.493 e. The van der Waals surface area contributed by atoms with Gasteiger partial charge in [-0.3, -0.25) is 0 Å². The molecule has 4 nitrogen and oxygen atoms in total. The maximum Gasteiger partial charge on any atom is 0.149 e. The van der Waals surface area contributed by atoms with E-state index < -0.39 is 0 Å². The quantitative estimate of drug-likeness (QED) is 0.729.